The summed E-state index contributed by atoms with van der Waals surface area (Å²) in [6.07, 6.45) is 8.78. The normalized spacial score (nSPS) is 29.0. The summed E-state index contributed by atoms with van der Waals surface area (Å²) in [5.74, 6) is 0.952. The lowest BCUT2D eigenvalue weighted by molar-refractivity contribution is 0.179. The standard InChI is InChI=1S/C13H27NO/c1-3-12-7-4-8-13(10-12)14-9-5-6-11(2)15/h11-15H,3-10H2,1-2H3. The van der Waals surface area contributed by atoms with Crippen molar-refractivity contribution in [2.75, 3.05) is 6.54 Å². The Bertz CT molecular complexity index is 159. The van der Waals surface area contributed by atoms with Crippen LogP contribution in [0.25, 0.3) is 0 Å². The van der Waals surface area contributed by atoms with Gasteiger partial charge in [-0.3, -0.25) is 0 Å². The molecule has 1 fully saturated rings. The average molecular weight is 213 g/mol. The molecule has 0 spiro atoms. The molecule has 0 radical (unpaired) electrons. The van der Waals surface area contributed by atoms with E-state index >= 15 is 0 Å². The predicted octanol–water partition coefficient (Wildman–Crippen LogP) is 2.71. The molecular weight excluding hydrogens is 186 g/mol. The van der Waals surface area contributed by atoms with Crippen LogP contribution in [-0.2, 0) is 0 Å². The minimum absolute atomic E-state index is 0.137. The Morgan fingerprint density at radius 2 is 2.20 bits per heavy atom. The monoisotopic (exact) mass is 213 g/mol. The Labute approximate surface area is 94.5 Å². The van der Waals surface area contributed by atoms with Gasteiger partial charge in [-0.05, 0) is 45.1 Å². The number of hydrogen-bond acceptors (Lipinski definition) is 2. The van der Waals surface area contributed by atoms with Crippen molar-refractivity contribution in [2.45, 2.75) is 70.9 Å². The van der Waals surface area contributed by atoms with Crippen LogP contribution in [0.15, 0.2) is 0 Å². The number of aliphatic hydroxyl groups is 1. The molecular formula is C13H27NO. The van der Waals surface area contributed by atoms with E-state index in [-0.39, 0.29) is 6.10 Å². The van der Waals surface area contributed by atoms with Crippen molar-refractivity contribution in [3.05, 3.63) is 0 Å². The zero-order valence-corrected chi connectivity index (χ0v) is 10.3. The first kappa shape index (κ1) is 13.0. The third-order valence-electron chi connectivity index (χ3n) is 3.59. The second kappa shape index (κ2) is 7.24. The van der Waals surface area contributed by atoms with E-state index in [0.29, 0.717) is 0 Å². The fraction of sp³-hybridized carbons (Fsp3) is 1.00. The molecule has 0 bridgehead atoms. The van der Waals surface area contributed by atoms with Crippen molar-refractivity contribution in [1.29, 1.82) is 0 Å². The Balaban J connectivity index is 2.05. The lowest BCUT2D eigenvalue weighted by Gasteiger charge is -2.29. The maximum absolute atomic E-state index is 9.14. The summed E-state index contributed by atoms with van der Waals surface area (Å²) in [7, 11) is 0. The highest BCUT2D eigenvalue weighted by atomic mass is 16.3. The third kappa shape index (κ3) is 5.53. The van der Waals surface area contributed by atoms with Gasteiger partial charge in [0.25, 0.3) is 0 Å². The summed E-state index contributed by atoms with van der Waals surface area (Å²) in [6, 6.07) is 0.748. The molecule has 0 amide bonds. The van der Waals surface area contributed by atoms with Crippen LogP contribution in [0.1, 0.15) is 58.8 Å². The molecule has 1 aliphatic carbocycles. The van der Waals surface area contributed by atoms with Crippen molar-refractivity contribution < 1.29 is 5.11 Å². The Kier molecular flexibility index (Phi) is 6.26. The van der Waals surface area contributed by atoms with Crippen LogP contribution in [0.4, 0.5) is 0 Å². The molecule has 2 N–H and O–H groups in total. The number of hydrogen-bond donors (Lipinski definition) is 2. The summed E-state index contributed by atoms with van der Waals surface area (Å²) in [5.41, 5.74) is 0. The molecule has 3 unspecified atom stereocenters. The largest absolute Gasteiger partial charge is 0.393 e. The molecule has 0 aromatic carbocycles. The predicted molar refractivity (Wildman–Crippen MR) is 65.0 cm³/mol. The van der Waals surface area contributed by atoms with E-state index in [1.54, 1.807) is 0 Å². The number of nitrogens with one attached hydrogen (secondary N) is 1. The highest BCUT2D eigenvalue weighted by Gasteiger charge is 2.19. The summed E-state index contributed by atoms with van der Waals surface area (Å²) in [4.78, 5) is 0. The minimum atomic E-state index is -0.137. The molecule has 0 aromatic rings. The van der Waals surface area contributed by atoms with Gasteiger partial charge in [0.2, 0.25) is 0 Å². The van der Waals surface area contributed by atoms with Gasteiger partial charge in [-0.2, -0.15) is 0 Å². The molecule has 0 saturated heterocycles. The molecule has 1 aliphatic rings. The zero-order chi connectivity index (χ0) is 11.1. The second-order valence-corrected chi connectivity index (χ2v) is 5.08. The maximum Gasteiger partial charge on any atom is 0.0512 e. The highest BCUT2D eigenvalue weighted by molar-refractivity contribution is 4.77. The van der Waals surface area contributed by atoms with Gasteiger partial charge in [0, 0.05) is 6.04 Å². The average Bonchev–Trinajstić information content (AvgIpc) is 2.24. The lowest BCUT2D eigenvalue weighted by Crippen LogP contribution is -2.34. The molecule has 0 aliphatic heterocycles. The first-order chi connectivity index (χ1) is 7.22. The Morgan fingerprint density at radius 3 is 2.87 bits per heavy atom. The minimum Gasteiger partial charge on any atom is -0.393 e. The van der Waals surface area contributed by atoms with E-state index in [1.165, 1.54) is 32.1 Å². The quantitative estimate of drug-likeness (QED) is 0.665. The molecule has 1 rings (SSSR count). The first-order valence-electron chi connectivity index (χ1n) is 6.63. The van der Waals surface area contributed by atoms with Gasteiger partial charge in [-0.15, -0.1) is 0 Å². The molecule has 15 heavy (non-hydrogen) atoms. The summed E-state index contributed by atoms with van der Waals surface area (Å²) in [5, 5.41) is 12.8. The van der Waals surface area contributed by atoms with Crippen molar-refractivity contribution >= 4 is 0 Å². The maximum atomic E-state index is 9.14. The van der Waals surface area contributed by atoms with Gasteiger partial charge in [-0.1, -0.05) is 26.2 Å². The summed E-state index contributed by atoms with van der Waals surface area (Å²) in [6.45, 7) is 5.25. The van der Waals surface area contributed by atoms with E-state index in [9.17, 15) is 0 Å². The zero-order valence-electron chi connectivity index (χ0n) is 10.3. The van der Waals surface area contributed by atoms with Gasteiger partial charge in [-0.25, -0.2) is 0 Å². The number of aliphatic hydroxyl groups excluding tert-OH is 1. The van der Waals surface area contributed by atoms with Crippen molar-refractivity contribution in [3.8, 4) is 0 Å². The molecule has 0 aromatic heterocycles. The van der Waals surface area contributed by atoms with Crippen molar-refractivity contribution in [1.82, 2.24) is 5.32 Å². The highest BCUT2D eigenvalue weighted by Crippen LogP contribution is 2.26. The second-order valence-electron chi connectivity index (χ2n) is 5.08. The lowest BCUT2D eigenvalue weighted by atomic mass is 9.84. The van der Waals surface area contributed by atoms with Crippen molar-refractivity contribution in [3.63, 3.8) is 0 Å². The Hall–Kier alpha value is -0.0800. The molecule has 3 atom stereocenters. The molecule has 2 nitrogen and oxygen atoms in total. The van der Waals surface area contributed by atoms with Crippen LogP contribution in [0, 0.1) is 5.92 Å². The number of rotatable bonds is 6. The summed E-state index contributed by atoms with van der Waals surface area (Å²) >= 11 is 0. The van der Waals surface area contributed by atoms with Crippen molar-refractivity contribution in [2.24, 2.45) is 5.92 Å². The fourth-order valence-electron chi connectivity index (χ4n) is 2.55. The van der Waals surface area contributed by atoms with Crippen LogP contribution >= 0.6 is 0 Å². The van der Waals surface area contributed by atoms with Crippen LogP contribution in [0.5, 0.6) is 0 Å². The third-order valence-corrected chi connectivity index (χ3v) is 3.59. The molecule has 1 saturated carbocycles. The molecule has 90 valence electrons. The van der Waals surface area contributed by atoms with Crippen LogP contribution in [-0.4, -0.2) is 23.8 Å². The van der Waals surface area contributed by atoms with Crippen LogP contribution < -0.4 is 5.32 Å². The van der Waals surface area contributed by atoms with Gasteiger partial charge in [0.1, 0.15) is 0 Å². The Morgan fingerprint density at radius 1 is 1.40 bits per heavy atom. The van der Waals surface area contributed by atoms with E-state index in [2.05, 4.69) is 12.2 Å². The van der Waals surface area contributed by atoms with E-state index in [4.69, 9.17) is 5.11 Å². The summed E-state index contributed by atoms with van der Waals surface area (Å²) < 4.78 is 0. The van der Waals surface area contributed by atoms with E-state index in [0.717, 1.165) is 31.3 Å². The van der Waals surface area contributed by atoms with Gasteiger partial charge >= 0.3 is 0 Å². The fourth-order valence-corrected chi connectivity index (χ4v) is 2.55. The smallest absolute Gasteiger partial charge is 0.0512 e. The molecule has 0 heterocycles. The van der Waals surface area contributed by atoms with Gasteiger partial charge in [0.05, 0.1) is 6.10 Å². The van der Waals surface area contributed by atoms with Crippen LogP contribution in [0.2, 0.25) is 0 Å². The van der Waals surface area contributed by atoms with E-state index < -0.39 is 0 Å². The van der Waals surface area contributed by atoms with E-state index in [1.807, 2.05) is 6.92 Å². The van der Waals surface area contributed by atoms with Gasteiger partial charge < -0.3 is 10.4 Å². The van der Waals surface area contributed by atoms with Gasteiger partial charge in [0.15, 0.2) is 0 Å². The molecule has 2 heteroatoms. The SMILES string of the molecule is CCC1CCCC(NCCCC(C)O)C1. The first-order valence-corrected chi connectivity index (χ1v) is 6.63. The topological polar surface area (TPSA) is 32.3 Å². The van der Waals surface area contributed by atoms with Crippen LogP contribution in [0.3, 0.4) is 0 Å².